The van der Waals surface area contributed by atoms with Crippen LogP contribution < -0.4 is 10.6 Å². The molecule has 1 aliphatic rings. The Bertz CT molecular complexity index is 492. The number of ether oxygens (including phenoxy) is 1. The molecule has 2 heterocycles. The Labute approximate surface area is 110 Å². The highest BCUT2D eigenvalue weighted by molar-refractivity contribution is 7.16. The number of hydrogen-bond acceptors (Lipinski definition) is 5. The van der Waals surface area contributed by atoms with Gasteiger partial charge < -0.3 is 15.4 Å². The van der Waals surface area contributed by atoms with E-state index in [4.69, 9.17) is 4.74 Å². The molecule has 2 rings (SSSR count). The van der Waals surface area contributed by atoms with Gasteiger partial charge in [-0.25, -0.2) is 4.79 Å². The lowest BCUT2D eigenvalue weighted by Crippen LogP contribution is -2.48. The maximum Gasteiger partial charge on any atom is 0.341 e. The molecule has 18 heavy (non-hydrogen) atoms. The SMILES string of the molecule is COC(=O)c1c(NC(=O)C2CNC2)sc(C)c1C. The fourth-order valence-corrected chi connectivity index (χ4v) is 2.80. The van der Waals surface area contributed by atoms with E-state index in [-0.39, 0.29) is 11.8 Å². The zero-order valence-corrected chi connectivity index (χ0v) is 11.4. The predicted molar refractivity (Wildman–Crippen MR) is 70.1 cm³/mol. The predicted octanol–water partition coefficient (Wildman–Crippen LogP) is 1.31. The number of carbonyl (C=O) groups excluding carboxylic acids is 2. The summed E-state index contributed by atoms with van der Waals surface area (Å²) in [7, 11) is 1.34. The number of nitrogens with one attached hydrogen (secondary N) is 2. The summed E-state index contributed by atoms with van der Waals surface area (Å²) in [4.78, 5) is 24.6. The molecule has 1 saturated heterocycles. The van der Waals surface area contributed by atoms with Gasteiger partial charge in [-0.1, -0.05) is 0 Å². The zero-order chi connectivity index (χ0) is 13.3. The maximum absolute atomic E-state index is 11.9. The van der Waals surface area contributed by atoms with Gasteiger partial charge in [0.2, 0.25) is 5.91 Å². The quantitative estimate of drug-likeness (QED) is 0.811. The molecule has 0 atom stereocenters. The lowest BCUT2D eigenvalue weighted by molar-refractivity contribution is -0.121. The number of hydrogen-bond donors (Lipinski definition) is 2. The first kappa shape index (κ1) is 13.0. The lowest BCUT2D eigenvalue weighted by Gasteiger charge is -2.25. The molecule has 0 aromatic carbocycles. The lowest BCUT2D eigenvalue weighted by atomic mass is 10.0. The molecule has 6 heteroatoms. The Balaban J connectivity index is 2.23. The van der Waals surface area contributed by atoms with Crippen LogP contribution in [0.15, 0.2) is 0 Å². The maximum atomic E-state index is 11.9. The molecule has 2 N–H and O–H groups in total. The summed E-state index contributed by atoms with van der Waals surface area (Å²) in [6, 6.07) is 0. The van der Waals surface area contributed by atoms with Crippen LogP contribution in [0.5, 0.6) is 0 Å². The molecule has 5 nitrogen and oxygen atoms in total. The van der Waals surface area contributed by atoms with E-state index < -0.39 is 5.97 Å². The van der Waals surface area contributed by atoms with Crippen LogP contribution in [-0.2, 0) is 9.53 Å². The molecule has 0 aliphatic carbocycles. The van der Waals surface area contributed by atoms with Gasteiger partial charge in [0.1, 0.15) is 5.00 Å². The number of thiophene rings is 1. The van der Waals surface area contributed by atoms with Crippen LogP contribution in [0.3, 0.4) is 0 Å². The molecule has 0 unspecified atom stereocenters. The van der Waals surface area contributed by atoms with Crippen LogP contribution in [0.25, 0.3) is 0 Å². The van der Waals surface area contributed by atoms with Gasteiger partial charge >= 0.3 is 5.97 Å². The van der Waals surface area contributed by atoms with E-state index >= 15 is 0 Å². The van der Waals surface area contributed by atoms with E-state index in [1.165, 1.54) is 18.4 Å². The van der Waals surface area contributed by atoms with Gasteiger partial charge in [-0.2, -0.15) is 0 Å². The van der Waals surface area contributed by atoms with Gasteiger partial charge in [0, 0.05) is 18.0 Å². The summed E-state index contributed by atoms with van der Waals surface area (Å²) >= 11 is 1.41. The summed E-state index contributed by atoms with van der Waals surface area (Å²) in [6.07, 6.45) is 0. The van der Waals surface area contributed by atoms with Gasteiger partial charge in [0.25, 0.3) is 0 Å². The van der Waals surface area contributed by atoms with Gasteiger partial charge in [0.15, 0.2) is 0 Å². The van der Waals surface area contributed by atoms with Crippen LogP contribution in [0.2, 0.25) is 0 Å². The normalized spacial score (nSPS) is 15.1. The van der Waals surface area contributed by atoms with Crippen LogP contribution >= 0.6 is 11.3 Å². The summed E-state index contributed by atoms with van der Waals surface area (Å²) < 4.78 is 4.76. The second-order valence-corrected chi connectivity index (χ2v) is 5.55. The Kier molecular flexibility index (Phi) is 3.68. The number of anilines is 1. The largest absolute Gasteiger partial charge is 0.465 e. The molecule has 0 spiro atoms. The van der Waals surface area contributed by atoms with E-state index in [1.54, 1.807) is 0 Å². The van der Waals surface area contributed by atoms with Crippen LogP contribution in [0.1, 0.15) is 20.8 Å². The number of aryl methyl sites for hydroxylation is 1. The smallest absolute Gasteiger partial charge is 0.341 e. The van der Waals surface area contributed by atoms with Gasteiger partial charge in [0.05, 0.1) is 18.6 Å². The van der Waals surface area contributed by atoms with Crippen molar-refractivity contribution in [2.24, 2.45) is 5.92 Å². The summed E-state index contributed by atoms with van der Waals surface area (Å²) in [5.41, 5.74) is 1.34. The highest BCUT2D eigenvalue weighted by Gasteiger charge is 2.28. The van der Waals surface area contributed by atoms with Crippen molar-refractivity contribution >= 4 is 28.2 Å². The van der Waals surface area contributed by atoms with Crippen molar-refractivity contribution < 1.29 is 14.3 Å². The summed E-state index contributed by atoms with van der Waals surface area (Å²) in [5, 5.41) is 6.46. The third kappa shape index (κ3) is 2.26. The third-order valence-electron chi connectivity index (χ3n) is 3.16. The number of esters is 1. The molecular formula is C12H16N2O3S. The summed E-state index contributed by atoms with van der Waals surface area (Å²) in [5.74, 6) is -0.447. The second kappa shape index (κ2) is 5.07. The molecule has 1 fully saturated rings. The average molecular weight is 268 g/mol. The van der Waals surface area contributed by atoms with Crippen LogP contribution in [-0.4, -0.2) is 32.1 Å². The Morgan fingerprint density at radius 3 is 2.56 bits per heavy atom. The summed E-state index contributed by atoms with van der Waals surface area (Å²) in [6.45, 7) is 5.18. The minimum atomic E-state index is -0.404. The van der Waals surface area contributed by atoms with E-state index in [0.717, 1.165) is 10.4 Å². The fraction of sp³-hybridized carbons (Fsp3) is 0.500. The van der Waals surface area contributed by atoms with E-state index in [9.17, 15) is 9.59 Å². The topological polar surface area (TPSA) is 67.4 Å². The van der Waals surface area contributed by atoms with Gasteiger partial charge in [-0.05, 0) is 19.4 Å². The van der Waals surface area contributed by atoms with Crippen molar-refractivity contribution in [2.45, 2.75) is 13.8 Å². The van der Waals surface area contributed by atoms with E-state index in [0.29, 0.717) is 23.7 Å². The first-order valence-electron chi connectivity index (χ1n) is 5.74. The Morgan fingerprint density at radius 1 is 1.39 bits per heavy atom. The molecule has 0 saturated carbocycles. The molecule has 1 aromatic heterocycles. The molecule has 0 bridgehead atoms. The minimum absolute atomic E-state index is 0.00166. The molecular weight excluding hydrogens is 252 g/mol. The number of methoxy groups -OCH3 is 1. The van der Waals surface area contributed by atoms with Crippen molar-refractivity contribution in [2.75, 3.05) is 25.5 Å². The number of rotatable bonds is 3. The molecule has 98 valence electrons. The highest BCUT2D eigenvalue weighted by Crippen LogP contribution is 2.33. The zero-order valence-electron chi connectivity index (χ0n) is 10.6. The van der Waals surface area contributed by atoms with Crippen molar-refractivity contribution in [3.8, 4) is 0 Å². The first-order valence-corrected chi connectivity index (χ1v) is 6.56. The standard InChI is InChI=1S/C12H16N2O3S/c1-6-7(2)18-11(9(6)12(16)17-3)14-10(15)8-4-13-5-8/h8,13H,4-5H2,1-3H3,(H,14,15). The number of amides is 1. The first-order chi connectivity index (χ1) is 8.54. The Hall–Kier alpha value is -1.40. The highest BCUT2D eigenvalue weighted by atomic mass is 32.1. The Morgan fingerprint density at radius 2 is 2.06 bits per heavy atom. The second-order valence-electron chi connectivity index (χ2n) is 4.32. The van der Waals surface area contributed by atoms with E-state index in [1.807, 2.05) is 13.8 Å². The van der Waals surface area contributed by atoms with Gasteiger partial charge in [-0.3, -0.25) is 4.79 Å². The molecule has 1 aromatic rings. The van der Waals surface area contributed by atoms with Crippen molar-refractivity contribution in [1.29, 1.82) is 0 Å². The fourth-order valence-electron chi connectivity index (χ4n) is 1.75. The van der Waals surface area contributed by atoms with Crippen LogP contribution in [0, 0.1) is 19.8 Å². The monoisotopic (exact) mass is 268 g/mol. The van der Waals surface area contributed by atoms with E-state index in [2.05, 4.69) is 10.6 Å². The number of carbonyl (C=O) groups is 2. The molecule has 1 aliphatic heterocycles. The van der Waals surface area contributed by atoms with Crippen molar-refractivity contribution in [1.82, 2.24) is 5.32 Å². The molecule has 1 amide bonds. The van der Waals surface area contributed by atoms with Crippen molar-refractivity contribution in [3.05, 3.63) is 16.0 Å². The third-order valence-corrected chi connectivity index (χ3v) is 4.29. The minimum Gasteiger partial charge on any atom is -0.465 e. The molecule has 0 radical (unpaired) electrons. The van der Waals surface area contributed by atoms with Crippen molar-refractivity contribution in [3.63, 3.8) is 0 Å². The van der Waals surface area contributed by atoms with Gasteiger partial charge in [-0.15, -0.1) is 11.3 Å². The van der Waals surface area contributed by atoms with Crippen LogP contribution in [0.4, 0.5) is 5.00 Å². The average Bonchev–Trinajstić information content (AvgIpc) is 2.51.